The number of fused-ring (bicyclic) bond motifs is 1. The zero-order valence-electron chi connectivity index (χ0n) is 14.4. The van der Waals surface area contributed by atoms with Crippen molar-refractivity contribution in [1.29, 1.82) is 0 Å². The van der Waals surface area contributed by atoms with E-state index in [0.717, 1.165) is 24.4 Å². The number of benzene rings is 1. The average molecular weight is 354 g/mol. The average Bonchev–Trinajstić information content (AvgIpc) is 3.11. The molecule has 0 aliphatic carbocycles. The Hall–Kier alpha value is -3.03. The first kappa shape index (κ1) is 16.4. The monoisotopic (exact) mass is 354 g/mol. The molecule has 0 spiro atoms. The molecule has 7 nitrogen and oxygen atoms in total. The number of carbonyl (C=O) groups is 1. The number of nitrogens with one attached hydrogen (secondary N) is 1. The third kappa shape index (κ3) is 3.10. The van der Waals surface area contributed by atoms with E-state index in [4.69, 9.17) is 0 Å². The number of aryl methyl sites for hydroxylation is 1. The number of carbonyl (C=O) groups excluding carboxylic acids is 1. The summed E-state index contributed by atoms with van der Waals surface area (Å²) in [5.41, 5.74) is 0.994. The lowest BCUT2D eigenvalue weighted by atomic mass is 10.0. The van der Waals surface area contributed by atoms with Crippen molar-refractivity contribution >= 4 is 17.5 Å². The van der Waals surface area contributed by atoms with Gasteiger partial charge in [0.25, 0.3) is 11.7 Å². The molecule has 3 heterocycles. The Bertz CT molecular complexity index is 948. The molecule has 1 saturated heterocycles. The molecule has 1 aliphatic heterocycles. The molecule has 0 atom stereocenters. The van der Waals surface area contributed by atoms with Crippen molar-refractivity contribution in [2.45, 2.75) is 25.8 Å². The van der Waals surface area contributed by atoms with Gasteiger partial charge < -0.3 is 10.2 Å². The number of likely N-dealkylation sites (tertiary alicyclic amines) is 1. The van der Waals surface area contributed by atoms with Crippen molar-refractivity contribution in [3.63, 3.8) is 0 Å². The van der Waals surface area contributed by atoms with Crippen molar-refractivity contribution in [2.24, 2.45) is 0 Å². The minimum absolute atomic E-state index is 0.132. The molecule has 1 N–H and O–H groups in total. The van der Waals surface area contributed by atoms with Crippen LogP contribution in [0.5, 0.6) is 0 Å². The third-order valence-electron chi connectivity index (χ3n) is 4.62. The van der Waals surface area contributed by atoms with Gasteiger partial charge in [-0.05, 0) is 31.9 Å². The molecule has 1 aromatic carbocycles. The van der Waals surface area contributed by atoms with E-state index in [9.17, 15) is 9.18 Å². The molecule has 0 radical (unpaired) electrons. The standard InChI is InChI=1S/C18H19FN6O/c1-12-10-16(25-18(22-12)20-11-21-25)23-13-6-8-24(9-7-13)17(26)14-4-2-3-5-15(14)19/h2-5,10-11,13,23H,6-9H2,1H3. The van der Waals surface area contributed by atoms with Crippen LogP contribution >= 0.6 is 0 Å². The van der Waals surface area contributed by atoms with Crippen LogP contribution in [0.1, 0.15) is 28.9 Å². The maximum absolute atomic E-state index is 13.8. The molecular formula is C18H19FN6O. The van der Waals surface area contributed by atoms with Crippen LogP contribution in [-0.2, 0) is 0 Å². The van der Waals surface area contributed by atoms with Crippen molar-refractivity contribution < 1.29 is 9.18 Å². The second-order valence-corrected chi connectivity index (χ2v) is 6.45. The molecule has 1 aliphatic rings. The molecule has 26 heavy (non-hydrogen) atoms. The van der Waals surface area contributed by atoms with Crippen LogP contribution in [0.15, 0.2) is 36.7 Å². The van der Waals surface area contributed by atoms with Crippen LogP contribution in [0.3, 0.4) is 0 Å². The lowest BCUT2D eigenvalue weighted by Crippen LogP contribution is -2.42. The summed E-state index contributed by atoms with van der Waals surface area (Å²) in [7, 11) is 0. The van der Waals surface area contributed by atoms with Crippen LogP contribution in [0.2, 0.25) is 0 Å². The molecule has 1 amide bonds. The Morgan fingerprint density at radius 3 is 2.81 bits per heavy atom. The number of amides is 1. The molecule has 0 unspecified atom stereocenters. The summed E-state index contributed by atoms with van der Waals surface area (Å²) in [4.78, 5) is 22.7. The van der Waals surface area contributed by atoms with Gasteiger partial charge in [0.15, 0.2) is 0 Å². The first-order valence-electron chi connectivity index (χ1n) is 8.59. The fraction of sp³-hybridized carbons (Fsp3) is 0.333. The van der Waals surface area contributed by atoms with Gasteiger partial charge in [-0.25, -0.2) is 9.37 Å². The SMILES string of the molecule is Cc1cc(NC2CCN(C(=O)c3ccccc3F)CC2)n2ncnc2n1. The number of anilines is 1. The molecule has 1 fully saturated rings. The van der Waals surface area contributed by atoms with Gasteiger partial charge in [-0.2, -0.15) is 14.6 Å². The number of nitrogens with zero attached hydrogens (tertiary/aromatic N) is 5. The van der Waals surface area contributed by atoms with E-state index in [1.54, 1.807) is 21.5 Å². The highest BCUT2D eigenvalue weighted by Crippen LogP contribution is 2.20. The van der Waals surface area contributed by atoms with E-state index in [1.165, 1.54) is 18.5 Å². The van der Waals surface area contributed by atoms with Crippen LogP contribution in [-0.4, -0.2) is 49.5 Å². The highest BCUT2D eigenvalue weighted by atomic mass is 19.1. The summed E-state index contributed by atoms with van der Waals surface area (Å²) < 4.78 is 15.5. The Balaban J connectivity index is 1.43. The maximum Gasteiger partial charge on any atom is 0.256 e. The van der Waals surface area contributed by atoms with Crippen molar-refractivity contribution in [3.8, 4) is 0 Å². The lowest BCUT2D eigenvalue weighted by molar-refractivity contribution is 0.0713. The highest BCUT2D eigenvalue weighted by Gasteiger charge is 2.25. The normalized spacial score (nSPS) is 15.4. The van der Waals surface area contributed by atoms with Crippen LogP contribution < -0.4 is 5.32 Å². The lowest BCUT2D eigenvalue weighted by Gasteiger charge is -2.33. The zero-order chi connectivity index (χ0) is 18.1. The molecular weight excluding hydrogens is 335 g/mol. The fourth-order valence-corrected chi connectivity index (χ4v) is 3.27. The fourth-order valence-electron chi connectivity index (χ4n) is 3.27. The quantitative estimate of drug-likeness (QED) is 0.781. The molecule has 0 saturated carbocycles. The number of aromatic nitrogens is 4. The Labute approximate surface area is 149 Å². The topological polar surface area (TPSA) is 75.4 Å². The van der Waals surface area contributed by atoms with Crippen LogP contribution in [0, 0.1) is 12.7 Å². The third-order valence-corrected chi connectivity index (χ3v) is 4.62. The first-order chi connectivity index (χ1) is 12.6. The number of piperidine rings is 1. The highest BCUT2D eigenvalue weighted by molar-refractivity contribution is 5.94. The molecule has 8 heteroatoms. The molecule has 2 aromatic heterocycles. The van der Waals surface area contributed by atoms with E-state index in [1.807, 2.05) is 13.0 Å². The van der Waals surface area contributed by atoms with E-state index >= 15 is 0 Å². The number of hydrogen-bond donors (Lipinski definition) is 1. The summed E-state index contributed by atoms with van der Waals surface area (Å²) in [6.45, 7) is 3.07. The smallest absolute Gasteiger partial charge is 0.256 e. The van der Waals surface area contributed by atoms with Gasteiger partial charge in [-0.1, -0.05) is 12.1 Å². The van der Waals surface area contributed by atoms with Crippen molar-refractivity contribution in [1.82, 2.24) is 24.5 Å². The zero-order valence-corrected chi connectivity index (χ0v) is 14.4. The molecule has 4 rings (SSSR count). The van der Waals surface area contributed by atoms with Crippen LogP contribution in [0.4, 0.5) is 10.2 Å². The van der Waals surface area contributed by atoms with Gasteiger partial charge in [-0.3, -0.25) is 4.79 Å². The first-order valence-corrected chi connectivity index (χ1v) is 8.59. The Morgan fingerprint density at radius 1 is 1.27 bits per heavy atom. The number of rotatable bonds is 3. The minimum atomic E-state index is -0.474. The molecule has 134 valence electrons. The summed E-state index contributed by atoms with van der Waals surface area (Å²) in [6.07, 6.45) is 3.03. The maximum atomic E-state index is 13.8. The van der Waals surface area contributed by atoms with Gasteiger partial charge in [0.1, 0.15) is 18.0 Å². The van der Waals surface area contributed by atoms with E-state index in [0.29, 0.717) is 18.9 Å². The summed E-state index contributed by atoms with van der Waals surface area (Å²) >= 11 is 0. The van der Waals surface area contributed by atoms with Gasteiger partial charge in [0.05, 0.1) is 5.56 Å². The Morgan fingerprint density at radius 2 is 2.04 bits per heavy atom. The second kappa shape index (κ2) is 6.70. The van der Waals surface area contributed by atoms with Gasteiger partial charge in [-0.15, -0.1) is 0 Å². The van der Waals surface area contributed by atoms with Gasteiger partial charge >= 0.3 is 0 Å². The summed E-state index contributed by atoms with van der Waals surface area (Å²) in [5, 5.41) is 7.66. The van der Waals surface area contributed by atoms with Gasteiger partial charge in [0, 0.05) is 30.9 Å². The predicted octanol–water partition coefficient (Wildman–Crippen LogP) is 2.29. The summed E-state index contributed by atoms with van der Waals surface area (Å²) in [5.74, 6) is 0.669. The van der Waals surface area contributed by atoms with E-state index in [-0.39, 0.29) is 17.5 Å². The summed E-state index contributed by atoms with van der Waals surface area (Å²) in [6, 6.07) is 8.25. The van der Waals surface area contributed by atoms with Crippen LogP contribution in [0.25, 0.3) is 5.78 Å². The second-order valence-electron chi connectivity index (χ2n) is 6.45. The van der Waals surface area contributed by atoms with Crippen molar-refractivity contribution in [2.75, 3.05) is 18.4 Å². The molecule has 0 bridgehead atoms. The van der Waals surface area contributed by atoms with Crippen molar-refractivity contribution in [3.05, 3.63) is 53.7 Å². The molecule has 3 aromatic rings. The van der Waals surface area contributed by atoms with E-state index < -0.39 is 5.82 Å². The number of halogens is 1. The predicted molar refractivity (Wildman–Crippen MR) is 94.5 cm³/mol. The Kier molecular flexibility index (Phi) is 4.24. The van der Waals surface area contributed by atoms with E-state index in [2.05, 4.69) is 20.4 Å². The largest absolute Gasteiger partial charge is 0.367 e. The van der Waals surface area contributed by atoms with Gasteiger partial charge in [0.2, 0.25) is 0 Å². The minimum Gasteiger partial charge on any atom is -0.367 e. The number of hydrogen-bond acceptors (Lipinski definition) is 5.